The summed E-state index contributed by atoms with van der Waals surface area (Å²) in [5.74, 6) is -0.00834. The van der Waals surface area contributed by atoms with Gasteiger partial charge in [-0.1, -0.05) is 0 Å². The van der Waals surface area contributed by atoms with Gasteiger partial charge >= 0.3 is 0 Å². The Kier molecular flexibility index (Phi) is 1.94. The van der Waals surface area contributed by atoms with Gasteiger partial charge in [0.1, 0.15) is 10.7 Å². The lowest BCUT2D eigenvalue weighted by atomic mass is 10.3. The van der Waals surface area contributed by atoms with Crippen LogP contribution in [-0.4, -0.2) is 21.0 Å². The van der Waals surface area contributed by atoms with E-state index in [1.165, 1.54) is 18.3 Å². The number of carbonyl (C=O) groups is 1. The Bertz CT molecular complexity index is 418. The van der Waals surface area contributed by atoms with Crippen LogP contribution in [0.1, 0.15) is 17.4 Å². The van der Waals surface area contributed by atoms with Crippen LogP contribution in [-0.2, 0) is 0 Å². The highest BCUT2D eigenvalue weighted by molar-refractivity contribution is 7.13. The third kappa shape index (κ3) is 1.50. The van der Waals surface area contributed by atoms with Crippen molar-refractivity contribution in [2.24, 2.45) is 0 Å². The lowest BCUT2D eigenvalue weighted by molar-refractivity contribution is 0.101. The summed E-state index contributed by atoms with van der Waals surface area (Å²) in [5, 5.41) is 9.08. The molecule has 0 radical (unpaired) electrons. The zero-order valence-electron chi connectivity index (χ0n) is 6.94. The van der Waals surface area contributed by atoms with Crippen molar-refractivity contribution in [1.82, 2.24) is 15.2 Å². The first-order valence-corrected chi connectivity index (χ1v) is 4.61. The number of H-pyrrole nitrogens is 1. The fraction of sp³-hybridized carbons (Fsp3) is 0.125. The Balaban J connectivity index is 2.39. The highest BCUT2D eigenvalue weighted by atomic mass is 32.1. The Morgan fingerprint density at radius 1 is 1.62 bits per heavy atom. The first-order valence-electron chi connectivity index (χ1n) is 3.73. The minimum Gasteiger partial charge on any atom is -0.293 e. The van der Waals surface area contributed by atoms with Crippen LogP contribution in [0.15, 0.2) is 17.8 Å². The lowest BCUT2D eigenvalue weighted by Crippen LogP contribution is -1.90. The van der Waals surface area contributed by atoms with Crippen LogP contribution in [0.4, 0.5) is 0 Å². The van der Waals surface area contributed by atoms with Crippen LogP contribution in [0.3, 0.4) is 0 Å². The molecule has 0 saturated heterocycles. The average molecular weight is 193 g/mol. The van der Waals surface area contributed by atoms with Crippen molar-refractivity contribution in [3.63, 3.8) is 0 Å². The van der Waals surface area contributed by atoms with E-state index in [4.69, 9.17) is 0 Å². The number of hydrogen-bond donors (Lipinski definition) is 1. The largest absolute Gasteiger partial charge is 0.293 e. The maximum atomic E-state index is 10.9. The molecule has 0 fully saturated rings. The third-order valence-electron chi connectivity index (χ3n) is 1.61. The molecule has 0 unspecified atom stereocenters. The van der Waals surface area contributed by atoms with E-state index in [2.05, 4.69) is 15.2 Å². The number of Topliss-reactive ketones (excluding diaryl/α,β-unsaturated/α-hetero) is 1. The molecule has 2 rings (SSSR count). The van der Waals surface area contributed by atoms with Crippen LogP contribution < -0.4 is 0 Å². The first kappa shape index (κ1) is 8.12. The molecule has 5 heteroatoms. The van der Waals surface area contributed by atoms with E-state index in [0.717, 1.165) is 10.6 Å². The molecule has 0 bridgehead atoms. The summed E-state index contributed by atoms with van der Waals surface area (Å²) in [5.41, 5.74) is 1.43. The van der Waals surface area contributed by atoms with E-state index in [0.29, 0.717) is 5.69 Å². The van der Waals surface area contributed by atoms with Crippen LogP contribution in [0.25, 0.3) is 10.6 Å². The van der Waals surface area contributed by atoms with Gasteiger partial charge in [0, 0.05) is 24.1 Å². The smallest absolute Gasteiger partial charge is 0.178 e. The van der Waals surface area contributed by atoms with Crippen molar-refractivity contribution < 1.29 is 4.79 Å². The quantitative estimate of drug-likeness (QED) is 0.739. The van der Waals surface area contributed by atoms with E-state index in [9.17, 15) is 4.79 Å². The van der Waals surface area contributed by atoms with Crippen molar-refractivity contribution >= 4 is 17.1 Å². The second kappa shape index (κ2) is 3.10. The number of rotatable bonds is 2. The first-order chi connectivity index (χ1) is 6.27. The van der Waals surface area contributed by atoms with Gasteiger partial charge in [0.25, 0.3) is 0 Å². The summed E-state index contributed by atoms with van der Waals surface area (Å²) < 4.78 is 0. The molecule has 0 aliphatic heterocycles. The number of nitrogens with zero attached hydrogens (tertiary/aromatic N) is 2. The number of thiazole rings is 1. The zero-order chi connectivity index (χ0) is 9.26. The number of aromatic nitrogens is 3. The Morgan fingerprint density at radius 2 is 2.46 bits per heavy atom. The zero-order valence-corrected chi connectivity index (χ0v) is 7.76. The predicted octanol–water partition coefficient (Wildman–Crippen LogP) is 1.74. The second-order valence-electron chi connectivity index (χ2n) is 2.58. The molecule has 0 saturated carbocycles. The van der Waals surface area contributed by atoms with Gasteiger partial charge in [-0.15, -0.1) is 11.3 Å². The summed E-state index contributed by atoms with van der Waals surface area (Å²) in [7, 11) is 0. The summed E-state index contributed by atoms with van der Waals surface area (Å²) in [6, 6.07) is 0. The normalized spacial score (nSPS) is 10.2. The van der Waals surface area contributed by atoms with E-state index >= 15 is 0 Å². The van der Waals surface area contributed by atoms with Crippen molar-refractivity contribution in [2.45, 2.75) is 6.92 Å². The molecule has 66 valence electrons. The Hall–Kier alpha value is -1.49. The Morgan fingerprint density at radius 3 is 3.00 bits per heavy atom. The van der Waals surface area contributed by atoms with Gasteiger partial charge in [-0.25, -0.2) is 4.98 Å². The number of hydrogen-bond acceptors (Lipinski definition) is 4. The molecular formula is C8H7N3OS. The molecule has 0 spiro atoms. The number of ketones is 1. The molecule has 0 atom stereocenters. The van der Waals surface area contributed by atoms with Gasteiger partial charge in [0.2, 0.25) is 0 Å². The second-order valence-corrected chi connectivity index (χ2v) is 3.44. The molecule has 2 heterocycles. The number of aromatic amines is 1. The van der Waals surface area contributed by atoms with Crippen molar-refractivity contribution in [3.05, 3.63) is 23.5 Å². The highest BCUT2D eigenvalue weighted by Gasteiger charge is 2.07. The van der Waals surface area contributed by atoms with Gasteiger partial charge in [-0.3, -0.25) is 9.89 Å². The maximum absolute atomic E-state index is 10.9. The van der Waals surface area contributed by atoms with Crippen LogP contribution in [0.5, 0.6) is 0 Å². The molecule has 2 aromatic heterocycles. The topological polar surface area (TPSA) is 58.6 Å². The van der Waals surface area contributed by atoms with E-state index in [1.807, 2.05) is 0 Å². The standard InChI is InChI=1S/C8H7N3OS/c1-5(12)7-4-13-8(11-7)6-2-9-10-3-6/h2-4H,1H3,(H,9,10). The molecule has 0 aliphatic rings. The van der Waals surface area contributed by atoms with Gasteiger partial charge in [0.15, 0.2) is 5.78 Å². The highest BCUT2D eigenvalue weighted by Crippen LogP contribution is 2.22. The van der Waals surface area contributed by atoms with Crippen LogP contribution in [0, 0.1) is 0 Å². The molecule has 0 aromatic carbocycles. The minimum absolute atomic E-state index is 0.00834. The molecular weight excluding hydrogens is 186 g/mol. The number of nitrogens with one attached hydrogen (secondary N) is 1. The average Bonchev–Trinajstić information content (AvgIpc) is 2.75. The summed E-state index contributed by atoms with van der Waals surface area (Å²) in [6.45, 7) is 1.51. The maximum Gasteiger partial charge on any atom is 0.178 e. The molecule has 2 aromatic rings. The van der Waals surface area contributed by atoms with E-state index in [-0.39, 0.29) is 5.78 Å². The summed E-state index contributed by atoms with van der Waals surface area (Å²) in [6.07, 6.45) is 3.44. The van der Waals surface area contributed by atoms with Crippen LogP contribution >= 0.6 is 11.3 Å². The number of carbonyl (C=O) groups excluding carboxylic acids is 1. The van der Waals surface area contributed by atoms with Gasteiger partial charge in [-0.05, 0) is 0 Å². The summed E-state index contributed by atoms with van der Waals surface area (Å²) in [4.78, 5) is 15.1. The fourth-order valence-electron chi connectivity index (χ4n) is 0.936. The molecule has 13 heavy (non-hydrogen) atoms. The van der Waals surface area contributed by atoms with E-state index < -0.39 is 0 Å². The molecule has 1 N–H and O–H groups in total. The van der Waals surface area contributed by atoms with E-state index in [1.54, 1.807) is 17.8 Å². The van der Waals surface area contributed by atoms with Gasteiger partial charge in [0.05, 0.1) is 6.20 Å². The Labute approximate surface area is 78.6 Å². The molecule has 0 amide bonds. The SMILES string of the molecule is CC(=O)c1csc(-c2cn[nH]c2)n1. The monoisotopic (exact) mass is 193 g/mol. The van der Waals surface area contributed by atoms with Crippen molar-refractivity contribution in [3.8, 4) is 10.6 Å². The van der Waals surface area contributed by atoms with Gasteiger partial charge < -0.3 is 0 Å². The fourth-order valence-corrected chi connectivity index (χ4v) is 1.78. The molecule has 0 aliphatic carbocycles. The van der Waals surface area contributed by atoms with Crippen LogP contribution in [0.2, 0.25) is 0 Å². The lowest BCUT2D eigenvalue weighted by Gasteiger charge is -1.85. The third-order valence-corrected chi connectivity index (χ3v) is 2.50. The predicted molar refractivity (Wildman–Crippen MR) is 49.7 cm³/mol. The van der Waals surface area contributed by atoms with Crippen molar-refractivity contribution in [2.75, 3.05) is 0 Å². The van der Waals surface area contributed by atoms with Crippen molar-refractivity contribution in [1.29, 1.82) is 0 Å². The summed E-state index contributed by atoms with van der Waals surface area (Å²) >= 11 is 1.44. The molecule has 4 nitrogen and oxygen atoms in total. The minimum atomic E-state index is -0.00834. The van der Waals surface area contributed by atoms with Gasteiger partial charge in [-0.2, -0.15) is 5.10 Å².